The number of anilines is 1. The summed E-state index contributed by atoms with van der Waals surface area (Å²) in [5.74, 6) is 0.697. The van der Waals surface area contributed by atoms with Crippen molar-refractivity contribution in [2.75, 3.05) is 5.32 Å². The normalized spacial score (nSPS) is 25.6. The standard InChI is InChI=1S/C13H14N4O/c18-12-8-4-3-7-14-11(8)16-13-15-9-5-1-2-6-10(9)17(12)13/h3-4,7,9-10H,1-2,5-6H2,(H,14,15,16)/t9-,10+/m1/s1. The van der Waals surface area contributed by atoms with E-state index in [2.05, 4.69) is 15.3 Å². The summed E-state index contributed by atoms with van der Waals surface area (Å²) in [6.07, 6.45) is 6.29. The predicted molar refractivity (Wildman–Crippen MR) is 68.7 cm³/mol. The summed E-state index contributed by atoms with van der Waals surface area (Å²) in [7, 11) is 0. The van der Waals surface area contributed by atoms with E-state index in [1.807, 2.05) is 4.57 Å². The van der Waals surface area contributed by atoms with E-state index in [9.17, 15) is 4.79 Å². The molecular weight excluding hydrogens is 228 g/mol. The molecule has 1 aliphatic heterocycles. The molecule has 3 heterocycles. The molecule has 0 radical (unpaired) electrons. The minimum atomic E-state index is 0.0463. The van der Waals surface area contributed by atoms with Crippen LogP contribution in [0, 0.1) is 0 Å². The largest absolute Gasteiger partial charge is 0.351 e. The molecular formula is C13H14N4O. The van der Waals surface area contributed by atoms with Crippen molar-refractivity contribution in [1.82, 2.24) is 14.5 Å². The first-order valence-electron chi connectivity index (χ1n) is 6.48. The highest BCUT2D eigenvalue weighted by atomic mass is 16.1. The Balaban J connectivity index is 1.99. The lowest BCUT2D eigenvalue weighted by Gasteiger charge is -2.24. The number of nitrogens with zero attached hydrogens (tertiary/aromatic N) is 3. The lowest BCUT2D eigenvalue weighted by atomic mass is 9.91. The maximum absolute atomic E-state index is 12.5. The highest BCUT2D eigenvalue weighted by Crippen LogP contribution is 2.36. The van der Waals surface area contributed by atoms with Crippen molar-refractivity contribution in [2.24, 2.45) is 0 Å². The maximum Gasteiger partial charge on any atom is 0.264 e. The maximum atomic E-state index is 12.5. The second-order valence-corrected chi connectivity index (χ2v) is 5.09. The van der Waals surface area contributed by atoms with Crippen LogP contribution in [0.5, 0.6) is 0 Å². The Morgan fingerprint density at radius 3 is 3.17 bits per heavy atom. The van der Waals surface area contributed by atoms with Gasteiger partial charge in [0, 0.05) is 12.2 Å². The average molecular weight is 242 g/mol. The van der Waals surface area contributed by atoms with Crippen LogP contribution >= 0.6 is 0 Å². The summed E-state index contributed by atoms with van der Waals surface area (Å²) in [5, 5.41) is 4.00. The smallest absolute Gasteiger partial charge is 0.264 e. The highest BCUT2D eigenvalue weighted by molar-refractivity contribution is 5.74. The van der Waals surface area contributed by atoms with Gasteiger partial charge >= 0.3 is 0 Å². The van der Waals surface area contributed by atoms with Gasteiger partial charge in [-0.25, -0.2) is 4.98 Å². The summed E-state index contributed by atoms with van der Waals surface area (Å²) in [6.45, 7) is 0. The van der Waals surface area contributed by atoms with Gasteiger partial charge in [0.2, 0.25) is 5.95 Å². The first-order chi connectivity index (χ1) is 8.84. The number of aromatic nitrogens is 3. The fourth-order valence-electron chi connectivity index (χ4n) is 3.20. The van der Waals surface area contributed by atoms with Crippen LogP contribution < -0.4 is 10.9 Å². The van der Waals surface area contributed by atoms with Gasteiger partial charge in [-0.15, -0.1) is 0 Å². The Hall–Kier alpha value is -1.91. The van der Waals surface area contributed by atoms with Crippen LogP contribution in [0.15, 0.2) is 23.1 Å². The van der Waals surface area contributed by atoms with Crippen LogP contribution in [-0.4, -0.2) is 20.6 Å². The van der Waals surface area contributed by atoms with Crippen molar-refractivity contribution in [3.8, 4) is 0 Å². The molecule has 18 heavy (non-hydrogen) atoms. The highest BCUT2D eigenvalue weighted by Gasteiger charge is 2.35. The quantitative estimate of drug-likeness (QED) is 0.764. The molecule has 1 N–H and O–H groups in total. The molecule has 1 fully saturated rings. The number of fused-ring (bicyclic) bond motifs is 4. The molecule has 0 aromatic carbocycles. The second-order valence-electron chi connectivity index (χ2n) is 5.09. The zero-order valence-corrected chi connectivity index (χ0v) is 9.97. The molecule has 0 spiro atoms. The molecule has 0 unspecified atom stereocenters. The summed E-state index contributed by atoms with van der Waals surface area (Å²) in [5.41, 5.74) is 0.588. The van der Waals surface area contributed by atoms with Gasteiger partial charge in [-0.05, 0) is 25.0 Å². The number of nitrogens with one attached hydrogen (secondary N) is 1. The summed E-state index contributed by atoms with van der Waals surface area (Å²) < 4.78 is 1.84. The number of pyridine rings is 1. The number of hydrogen-bond donors (Lipinski definition) is 1. The van der Waals surface area contributed by atoms with E-state index in [1.54, 1.807) is 18.3 Å². The zero-order chi connectivity index (χ0) is 12.1. The van der Waals surface area contributed by atoms with E-state index in [-0.39, 0.29) is 11.6 Å². The zero-order valence-electron chi connectivity index (χ0n) is 9.97. The Bertz CT molecular complexity index is 678. The molecule has 2 aromatic rings. The molecule has 5 nitrogen and oxygen atoms in total. The average Bonchev–Trinajstić information content (AvgIpc) is 2.77. The van der Waals surface area contributed by atoms with Crippen molar-refractivity contribution in [2.45, 2.75) is 37.8 Å². The molecule has 1 saturated carbocycles. The molecule has 2 aromatic heterocycles. The topological polar surface area (TPSA) is 59.8 Å². The van der Waals surface area contributed by atoms with E-state index in [1.165, 1.54) is 12.8 Å². The Morgan fingerprint density at radius 1 is 1.33 bits per heavy atom. The van der Waals surface area contributed by atoms with Crippen molar-refractivity contribution < 1.29 is 0 Å². The monoisotopic (exact) mass is 242 g/mol. The fraction of sp³-hybridized carbons (Fsp3) is 0.462. The van der Waals surface area contributed by atoms with Crippen molar-refractivity contribution >= 4 is 17.0 Å². The van der Waals surface area contributed by atoms with Crippen LogP contribution in [0.1, 0.15) is 31.7 Å². The predicted octanol–water partition coefficient (Wildman–Crippen LogP) is 1.70. The molecule has 5 heteroatoms. The van der Waals surface area contributed by atoms with E-state index >= 15 is 0 Å². The van der Waals surface area contributed by atoms with Gasteiger partial charge in [0.15, 0.2) is 5.65 Å². The number of hydrogen-bond acceptors (Lipinski definition) is 4. The summed E-state index contributed by atoms with van der Waals surface area (Å²) in [6, 6.07) is 4.24. The van der Waals surface area contributed by atoms with Crippen LogP contribution in [0.3, 0.4) is 0 Å². The van der Waals surface area contributed by atoms with Crippen LogP contribution in [0.25, 0.3) is 11.0 Å². The summed E-state index contributed by atoms with van der Waals surface area (Å²) in [4.78, 5) is 21.2. The van der Waals surface area contributed by atoms with Crippen LogP contribution in [0.2, 0.25) is 0 Å². The van der Waals surface area contributed by atoms with Gasteiger partial charge in [-0.2, -0.15) is 4.98 Å². The molecule has 1 aliphatic carbocycles. The van der Waals surface area contributed by atoms with Gasteiger partial charge in [0.1, 0.15) is 0 Å². The van der Waals surface area contributed by atoms with Crippen molar-refractivity contribution in [1.29, 1.82) is 0 Å². The SMILES string of the molecule is O=c1c2cccnc2nc2n1[C@H]1CCCC[C@H]1N2. The van der Waals surface area contributed by atoms with Gasteiger partial charge in [0.05, 0.1) is 11.4 Å². The Morgan fingerprint density at radius 2 is 2.22 bits per heavy atom. The molecule has 92 valence electrons. The van der Waals surface area contributed by atoms with Gasteiger partial charge in [-0.3, -0.25) is 9.36 Å². The second kappa shape index (κ2) is 3.54. The molecule has 0 bridgehead atoms. The Labute approximate surface area is 104 Å². The first kappa shape index (κ1) is 10.1. The lowest BCUT2D eigenvalue weighted by Crippen LogP contribution is -2.30. The lowest BCUT2D eigenvalue weighted by molar-refractivity contribution is 0.349. The minimum Gasteiger partial charge on any atom is -0.351 e. The third-order valence-corrected chi connectivity index (χ3v) is 4.05. The molecule has 2 aliphatic rings. The molecule has 2 atom stereocenters. The van der Waals surface area contributed by atoms with Crippen LogP contribution in [-0.2, 0) is 0 Å². The first-order valence-corrected chi connectivity index (χ1v) is 6.48. The van der Waals surface area contributed by atoms with E-state index in [0.717, 1.165) is 12.8 Å². The molecule has 0 saturated heterocycles. The van der Waals surface area contributed by atoms with Gasteiger partial charge < -0.3 is 5.32 Å². The third-order valence-electron chi connectivity index (χ3n) is 4.05. The van der Waals surface area contributed by atoms with E-state index in [0.29, 0.717) is 23.0 Å². The Kier molecular flexibility index (Phi) is 1.98. The summed E-state index contributed by atoms with van der Waals surface area (Å²) >= 11 is 0. The number of rotatable bonds is 0. The third kappa shape index (κ3) is 1.24. The van der Waals surface area contributed by atoms with E-state index < -0.39 is 0 Å². The van der Waals surface area contributed by atoms with Crippen LogP contribution in [0.4, 0.5) is 5.95 Å². The fourth-order valence-corrected chi connectivity index (χ4v) is 3.20. The van der Waals surface area contributed by atoms with E-state index in [4.69, 9.17) is 0 Å². The molecule has 0 amide bonds. The molecule has 4 rings (SSSR count). The van der Waals surface area contributed by atoms with Gasteiger partial charge in [0.25, 0.3) is 5.56 Å². The van der Waals surface area contributed by atoms with Crippen molar-refractivity contribution in [3.05, 3.63) is 28.7 Å². The van der Waals surface area contributed by atoms with Gasteiger partial charge in [-0.1, -0.05) is 12.8 Å². The van der Waals surface area contributed by atoms with Crippen molar-refractivity contribution in [3.63, 3.8) is 0 Å². The minimum absolute atomic E-state index is 0.0463.